The highest BCUT2D eigenvalue weighted by molar-refractivity contribution is 6.58. The smallest absolute Gasteiger partial charge is 0.423 e. The van der Waals surface area contributed by atoms with Gasteiger partial charge in [0.25, 0.3) is 0 Å². The van der Waals surface area contributed by atoms with E-state index in [1.54, 1.807) is 12.1 Å². The van der Waals surface area contributed by atoms with Gasteiger partial charge >= 0.3 is 7.12 Å². The third-order valence-electron chi connectivity index (χ3n) is 6.01. The summed E-state index contributed by atoms with van der Waals surface area (Å²) in [7, 11) is -1.50. The van der Waals surface area contributed by atoms with Crippen LogP contribution in [0, 0.1) is 0 Å². The molecule has 0 aliphatic carbocycles. The molecule has 0 aliphatic rings. The van der Waals surface area contributed by atoms with Crippen molar-refractivity contribution in [2.24, 2.45) is 0 Å². The van der Waals surface area contributed by atoms with Crippen LogP contribution in [0.4, 0.5) is 0 Å². The van der Waals surface area contributed by atoms with E-state index in [1.807, 2.05) is 30.3 Å². The highest BCUT2D eigenvalue weighted by atomic mass is 16.4. The van der Waals surface area contributed by atoms with Gasteiger partial charge in [-0.3, -0.25) is 4.57 Å². The molecule has 0 fully saturated rings. The molecule has 6 aromatic rings. The maximum absolute atomic E-state index is 9.55. The lowest BCUT2D eigenvalue weighted by atomic mass is 9.80. The van der Waals surface area contributed by atoms with Crippen LogP contribution >= 0.6 is 0 Å². The van der Waals surface area contributed by atoms with E-state index in [0.29, 0.717) is 5.46 Å². The molecule has 0 radical (unpaired) electrons. The van der Waals surface area contributed by atoms with Crippen LogP contribution in [0.5, 0.6) is 0 Å². The standard InChI is InChI=1S/C27H19BN2O2/c31-28(32)19-14-16-20(17-15-19)30-26-24-13-7-5-11-22(24)21-10-4-6-12-23(21)25(26)29-27(30)18-8-2-1-3-9-18/h1-17,31-32H. The minimum atomic E-state index is -1.50. The highest BCUT2D eigenvalue weighted by Crippen LogP contribution is 2.38. The summed E-state index contributed by atoms with van der Waals surface area (Å²) in [6, 6.07) is 34.3. The second-order valence-electron chi connectivity index (χ2n) is 7.89. The van der Waals surface area contributed by atoms with Gasteiger partial charge in [-0.25, -0.2) is 4.98 Å². The normalized spacial score (nSPS) is 11.4. The second kappa shape index (κ2) is 7.34. The average Bonchev–Trinajstić information content (AvgIpc) is 3.26. The molecule has 5 heteroatoms. The Balaban J connectivity index is 1.80. The Kier molecular flexibility index (Phi) is 4.32. The van der Waals surface area contributed by atoms with Gasteiger partial charge in [0, 0.05) is 22.0 Å². The van der Waals surface area contributed by atoms with E-state index in [-0.39, 0.29) is 0 Å². The number of fused-ring (bicyclic) bond motifs is 6. The zero-order valence-electron chi connectivity index (χ0n) is 17.2. The SMILES string of the molecule is OB(O)c1ccc(-n2c(-c3ccccc3)nc3c4ccccc4c4ccccc4c32)cc1. The topological polar surface area (TPSA) is 58.3 Å². The average molecular weight is 414 g/mol. The van der Waals surface area contributed by atoms with Gasteiger partial charge < -0.3 is 10.0 Å². The first-order valence-corrected chi connectivity index (χ1v) is 10.6. The summed E-state index contributed by atoms with van der Waals surface area (Å²) in [5.74, 6) is 0.847. The molecule has 0 bridgehead atoms. The Morgan fingerprint density at radius 3 is 1.81 bits per heavy atom. The van der Waals surface area contributed by atoms with E-state index in [2.05, 4.69) is 65.2 Å². The van der Waals surface area contributed by atoms with Crippen molar-refractivity contribution in [3.05, 3.63) is 103 Å². The molecule has 0 amide bonds. The first-order valence-electron chi connectivity index (χ1n) is 10.6. The van der Waals surface area contributed by atoms with Crippen molar-refractivity contribution in [3.8, 4) is 17.1 Å². The summed E-state index contributed by atoms with van der Waals surface area (Å²) in [6.45, 7) is 0. The van der Waals surface area contributed by atoms with Gasteiger partial charge in [-0.05, 0) is 28.4 Å². The number of imidazole rings is 1. The third kappa shape index (κ3) is 2.83. The molecule has 5 aromatic carbocycles. The van der Waals surface area contributed by atoms with Gasteiger partial charge in [-0.15, -0.1) is 0 Å². The minimum Gasteiger partial charge on any atom is -0.423 e. The molecule has 0 saturated carbocycles. The van der Waals surface area contributed by atoms with Gasteiger partial charge in [0.1, 0.15) is 5.82 Å². The predicted molar refractivity (Wildman–Crippen MR) is 131 cm³/mol. The van der Waals surface area contributed by atoms with E-state index >= 15 is 0 Å². The van der Waals surface area contributed by atoms with E-state index in [4.69, 9.17) is 4.98 Å². The molecule has 2 N–H and O–H groups in total. The first kappa shape index (κ1) is 18.8. The number of benzene rings is 5. The van der Waals surface area contributed by atoms with Crippen molar-refractivity contribution in [2.45, 2.75) is 0 Å². The predicted octanol–water partition coefficient (Wildman–Crippen LogP) is 4.68. The number of hydrogen-bond donors (Lipinski definition) is 2. The molecule has 4 nitrogen and oxygen atoms in total. The molecule has 1 aromatic heterocycles. The molecule has 32 heavy (non-hydrogen) atoms. The fourth-order valence-electron chi connectivity index (χ4n) is 4.53. The lowest BCUT2D eigenvalue weighted by Crippen LogP contribution is -2.29. The minimum absolute atomic E-state index is 0.453. The van der Waals surface area contributed by atoms with E-state index < -0.39 is 7.12 Å². The van der Waals surface area contributed by atoms with Crippen LogP contribution in [0.25, 0.3) is 49.7 Å². The van der Waals surface area contributed by atoms with Crippen LogP contribution in [-0.2, 0) is 0 Å². The molecular formula is C27H19BN2O2. The van der Waals surface area contributed by atoms with E-state index in [9.17, 15) is 10.0 Å². The van der Waals surface area contributed by atoms with E-state index in [0.717, 1.165) is 38.9 Å². The number of aromatic nitrogens is 2. The molecule has 152 valence electrons. The Morgan fingerprint density at radius 1 is 0.594 bits per heavy atom. The van der Waals surface area contributed by atoms with Crippen molar-refractivity contribution in [3.63, 3.8) is 0 Å². The molecule has 0 spiro atoms. The molecule has 0 aliphatic heterocycles. The van der Waals surface area contributed by atoms with Crippen molar-refractivity contribution in [2.75, 3.05) is 0 Å². The van der Waals surface area contributed by atoms with Crippen LogP contribution < -0.4 is 5.46 Å². The summed E-state index contributed by atoms with van der Waals surface area (Å²) in [6.07, 6.45) is 0. The summed E-state index contributed by atoms with van der Waals surface area (Å²) < 4.78 is 2.17. The van der Waals surface area contributed by atoms with Gasteiger partial charge in [0.2, 0.25) is 0 Å². The Morgan fingerprint density at radius 2 is 1.16 bits per heavy atom. The Bertz CT molecular complexity index is 1590. The zero-order chi connectivity index (χ0) is 21.7. The lowest BCUT2D eigenvalue weighted by Gasteiger charge is -2.13. The van der Waals surface area contributed by atoms with Gasteiger partial charge in [0.05, 0.1) is 11.0 Å². The fraction of sp³-hybridized carbons (Fsp3) is 0. The fourth-order valence-corrected chi connectivity index (χ4v) is 4.53. The maximum Gasteiger partial charge on any atom is 0.488 e. The van der Waals surface area contributed by atoms with Gasteiger partial charge in [-0.1, -0.05) is 91.0 Å². The number of nitrogens with zero attached hydrogens (tertiary/aromatic N) is 2. The van der Waals surface area contributed by atoms with Crippen LogP contribution in [0.1, 0.15) is 0 Å². The molecule has 0 unspecified atom stereocenters. The first-order chi connectivity index (χ1) is 15.7. The van der Waals surface area contributed by atoms with E-state index in [1.165, 1.54) is 10.8 Å². The molecule has 0 saturated heterocycles. The van der Waals surface area contributed by atoms with Crippen LogP contribution in [-0.4, -0.2) is 26.7 Å². The number of hydrogen-bond acceptors (Lipinski definition) is 3. The number of rotatable bonds is 3. The summed E-state index contributed by atoms with van der Waals surface area (Å²) >= 11 is 0. The zero-order valence-corrected chi connectivity index (χ0v) is 17.2. The van der Waals surface area contributed by atoms with Crippen LogP contribution in [0.15, 0.2) is 103 Å². The molecule has 6 rings (SSSR count). The molecule has 0 atom stereocenters. The summed E-state index contributed by atoms with van der Waals surface area (Å²) in [5, 5.41) is 23.7. The van der Waals surface area contributed by atoms with Crippen LogP contribution in [0.3, 0.4) is 0 Å². The summed E-state index contributed by atoms with van der Waals surface area (Å²) in [4.78, 5) is 5.16. The third-order valence-corrected chi connectivity index (χ3v) is 6.01. The van der Waals surface area contributed by atoms with Gasteiger partial charge in [0.15, 0.2) is 0 Å². The monoisotopic (exact) mass is 414 g/mol. The van der Waals surface area contributed by atoms with Crippen molar-refractivity contribution >= 4 is 45.2 Å². The van der Waals surface area contributed by atoms with Crippen LogP contribution in [0.2, 0.25) is 0 Å². The maximum atomic E-state index is 9.55. The Hall–Kier alpha value is -3.93. The van der Waals surface area contributed by atoms with Crippen molar-refractivity contribution in [1.82, 2.24) is 9.55 Å². The molecule has 1 heterocycles. The Labute approximate surface area is 185 Å². The van der Waals surface area contributed by atoms with Crippen molar-refractivity contribution < 1.29 is 10.0 Å². The molecular weight excluding hydrogens is 395 g/mol. The second-order valence-corrected chi connectivity index (χ2v) is 7.89. The van der Waals surface area contributed by atoms with Gasteiger partial charge in [-0.2, -0.15) is 0 Å². The lowest BCUT2D eigenvalue weighted by molar-refractivity contribution is 0.426. The summed E-state index contributed by atoms with van der Waals surface area (Å²) in [5.41, 5.74) is 4.37. The van der Waals surface area contributed by atoms with Crippen molar-refractivity contribution in [1.29, 1.82) is 0 Å². The quantitative estimate of drug-likeness (QED) is 0.327. The largest absolute Gasteiger partial charge is 0.488 e. The highest BCUT2D eigenvalue weighted by Gasteiger charge is 2.20.